The van der Waals surface area contributed by atoms with Gasteiger partial charge in [-0.2, -0.15) is 13.2 Å². The Morgan fingerprint density at radius 2 is 1.70 bits per heavy atom. The Balaban J connectivity index is 1.43. The van der Waals surface area contributed by atoms with Crippen molar-refractivity contribution in [2.45, 2.75) is 24.4 Å². The van der Waals surface area contributed by atoms with Gasteiger partial charge in [0.25, 0.3) is 0 Å². The smallest absolute Gasteiger partial charge is 0.378 e. The molecule has 2 unspecified atom stereocenters. The van der Waals surface area contributed by atoms with Crippen LogP contribution >= 0.6 is 34.5 Å². The van der Waals surface area contributed by atoms with Crippen LogP contribution in [0.25, 0.3) is 11.3 Å². The van der Waals surface area contributed by atoms with Gasteiger partial charge in [-0.1, -0.05) is 35.3 Å². The number of amides is 2. The largest absolute Gasteiger partial charge is 0.416 e. The van der Waals surface area contributed by atoms with Crippen LogP contribution in [0.3, 0.4) is 0 Å². The molecule has 5 rings (SSSR count). The third-order valence-electron chi connectivity index (χ3n) is 6.79. The molecule has 0 bridgehead atoms. The van der Waals surface area contributed by atoms with Crippen LogP contribution in [0.4, 0.5) is 18.0 Å². The highest BCUT2D eigenvalue weighted by Gasteiger charge is 2.36. The van der Waals surface area contributed by atoms with E-state index in [1.165, 1.54) is 23.5 Å². The molecule has 0 N–H and O–H groups in total. The summed E-state index contributed by atoms with van der Waals surface area (Å²) in [4.78, 5) is 21.8. The summed E-state index contributed by atoms with van der Waals surface area (Å²) >= 11 is 13.9. The minimum atomic E-state index is -4.40. The van der Waals surface area contributed by atoms with E-state index in [9.17, 15) is 18.0 Å². The van der Waals surface area contributed by atoms with Gasteiger partial charge in [0.15, 0.2) is 0 Å². The molecule has 2 aromatic carbocycles. The predicted octanol–water partition coefficient (Wildman–Crippen LogP) is 7.16. The van der Waals surface area contributed by atoms with Crippen molar-refractivity contribution in [3.05, 3.63) is 74.0 Å². The number of hydrogen-bond acceptors (Lipinski definition) is 4. The zero-order valence-electron chi connectivity index (χ0n) is 19.7. The minimum absolute atomic E-state index is 0.0733. The number of urea groups is 1. The molecular formula is C26H24Cl2F3N3O2S. The number of hydrogen-bond donors (Lipinski definition) is 0. The number of piperidine rings is 1. The molecular weight excluding hydrogens is 546 g/mol. The second-order valence-electron chi connectivity index (χ2n) is 9.23. The van der Waals surface area contributed by atoms with E-state index < -0.39 is 11.7 Å². The summed E-state index contributed by atoms with van der Waals surface area (Å²) in [6.07, 6.45) is -3.73. The van der Waals surface area contributed by atoms with Crippen molar-refractivity contribution in [2.75, 3.05) is 39.4 Å². The number of halogens is 5. The van der Waals surface area contributed by atoms with Crippen LogP contribution in [0, 0.1) is 0 Å². The number of morpholine rings is 1. The molecule has 3 aromatic rings. The van der Waals surface area contributed by atoms with E-state index in [1.807, 2.05) is 11.4 Å². The molecule has 0 spiro atoms. The van der Waals surface area contributed by atoms with Crippen LogP contribution in [-0.4, -0.2) is 60.2 Å². The number of carbonyl (C=O) groups is 1. The van der Waals surface area contributed by atoms with Gasteiger partial charge in [-0.3, -0.25) is 0 Å². The van der Waals surface area contributed by atoms with Crippen LogP contribution in [-0.2, 0) is 10.9 Å². The Hall–Kier alpha value is -2.33. The number of benzene rings is 2. The minimum Gasteiger partial charge on any atom is -0.378 e. The average Bonchev–Trinajstić information content (AvgIpc) is 3.38. The highest BCUT2D eigenvalue weighted by Crippen LogP contribution is 2.40. The summed E-state index contributed by atoms with van der Waals surface area (Å²) in [5, 5.41) is 3.82. The van der Waals surface area contributed by atoms with Crippen LogP contribution in [0.1, 0.15) is 34.4 Å². The van der Waals surface area contributed by atoms with E-state index in [4.69, 9.17) is 32.9 Å². The SMILES string of the molecule is O=C(N1CCOCC1)N1CC(c2ccc(C(F)(F)F)cc2)CC(c2nc(-c3ccc(Cl)cc3Cl)cs2)C1. The summed E-state index contributed by atoms with van der Waals surface area (Å²) < 4.78 is 44.7. The Bertz CT molecular complexity index is 1260. The van der Waals surface area contributed by atoms with Crippen molar-refractivity contribution in [1.82, 2.24) is 14.8 Å². The number of ether oxygens (including phenoxy) is 1. The van der Waals surface area contributed by atoms with Gasteiger partial charge in [-0.25, -0.2) is 9.78 Å². The molecule has 2 atom stereocenters. The zero-order chi connectivity index (χ0) is 26.2. The number of thiazole rings is 1. The lowest BCUT2D eigenvalue weighted by atomic mass is 9.84. The molecule has 2 fully saturated rings. The fourth-order valence-corrected chi connectivity index (χ4v) is 6.30. The molecule has 2 amide bonds. The van der Waals surface area contributed by atoms with E-state index in [-0.39, 0.29) is 17.9 Å². The van der Waals surface area contributed by atoms with Crippen LogP contribution in [0.2, 0.25) is 10.0 Å². The Morgan fingerprint density at radius 3 is 2.38 bits per heavy atom. The number of aromatic nitrogens is 1. The van der Waals surface area contributed by atoms with Crippen molar-refractivity contribution in [1.29, 1.82) is 0 Å². The maximum atomic E-state index is 13.4. The summed E-state index contributed by atoms with van der Waals surface area (Å²) in [5.74, 6) is -0.201. The molecule has 1 aromatic heterocycles. The molecule has 2 saturated heterocycles. The third kappa shape index (κ3) is 5.90. The van der Waals surface area contributed by atoms with Crippen molar-refractivity contribution < 1.29 is 22.7 Å². The van der Waals surface area contributed by atoms with Crippen LogP contribution in [0.15, 0.2) is 47.8 Å². The van der Waals surface area contributed by atoms with E-state index in [1.54, 1.807) is 21.9 Å². The first-order valence-electron chi connectivity index (χ1n) is 11.9. The predicted molar refractivity (Wildman–Crippen MR) is 138 cm³/mol. The number of likely N-dealkylation sites (tertiary alicyclic amines) is 1. The van der Waals surface area contributed by atoms with Gasteiger partial charge in [-0.15, -0.1) is 11.3 Å². The average molecular weight is 570 g/mol. The highest BCUT2D eigenvalue weighted by molar-refractivity contribution is 7.10. The molecule has 37 heavy (non-hydrogen) atoms. The Kier molecular flexibility index (Phi) is 7.68. The molecule has 2 aliphatic heterocycles. The summed E-state index contributed by atoms with van der Waals surface area (Å²) in [6, 6.07) is 10.4. The van der Waals surface area contributed by atoms with Gasteiger partial charge in [-0.05, 0) is 42.3 Å². The first-order valence-corrected chi connectivity index (χ1v) is 13.5. The lowest BCUT2D eigenvalue weighted by Crippen LogP contribution is -2.52. The van der Waals surface area contributed by atoms with E-state index >= 15 is 0 Å². The molecule has 0 saturated carbocycles. The van der Waals surface area contributed by atoms with Crippen LogP contribution < -0.4 is 0 Å². The number of rotatable bonds is 3. The lowest BCUT2D eigenvalue weighted by Gasteiger charge is -2.40. The van der Waals surface area contributed by atoms with Gasteiger partial charge < -0.3 is 14.5 Å². The van der Waals surface area contributed by atoms with Gasteiger partial charge >= 0.3 is 12.2 Å². The summed E-state index contributed by atoms with van der Waals surface area (Å²) in [6.45, 7) is 2.92. The molecule has 0 aliphatic carbocycles. The third-order valence-corrected chi connectivity index (χ3v) is 8.35. The molecule has 2 aliphatic rings. The van der Waals surface area contributed by atoms with Crippen LogP contribution in [0.5, 0.6) is 0 Å². The maximum absolute atomic E-state index is 13.4. The van der Waals surface area contributed by atoms with Crippen molar-refractivity contribution >= 4 is 40.6 Å². The Morgan fingerprint density at radius 1 is 1.00 bits per heavy atom. The van der Waals surface area contributed by atoms with Gasteiger partial charge in [0.05, 0.1) is 34.5 Å². The van der Waals surface area contributed by atoms with Crippen molar-refractivity contribution in [3.8, 4) is 11.3 Å². The molecule has 0 radical (unpaired) electrons. The zero-order valence-corrected chi connectivity index (χ0v) is 22.0. The number of alkyl halides is 3. The fraction of sp³-hybridized carbons (Fsp3) is 0.385. The summed E-state index contributed by atoms with van der Waals surface area (Å²) in [7, 11) is 0. The van der Waals surface area contributed by atoms with E-state index in [0.29, 0.717) is 55.9 Å². The molecule has 5 nitrogen and oxygen atoms in total. The monoisotopic (exact) mass is 569 g/mol. The van der Waals surface area contributed by atoms with Gasteiger partial charge in [0, 0.05) is 54.0 Å². The fourth-order valence-electron chi connectivity index (χ4n) is 4.87. The van der Waals surface area contributed by atoms with Crippen molar-refractivity contribution in [3.63, 3.8) is 0 Å². The van der Waals surface area contributed by atoms with Crippen molar-refractivity contribution in [2.24, 2.45) is 0 Å². The standard InChI is InChI=1S/C26H24Cl2F3N3O2S/c27-20-5-6-21(22(28)12-20)23-15-37-24(32-23)18-11-17(16-1-3-19(4-2-16)26(29,30)31)13-34(14-18)25(35)33-7-9-36-10-8-33/h1-6,12,15,17-18H,7-11,13-14H2. The number of nitrogens with zero attached hydrogens (tertiary/aromatic N) is 3. The quantitative estimate of drug-likeness (QED) is 0.336. The molecule has 196 valence electrons. The topological polar surface area (TPSA) is 45.7 Å². The summed E-state index contributed by atoms with van der Waals surface area (Å²) in [5.41, 5.74) is 1.58. The first kappa shape index (κ1) is 26.3. The first-order chi connectivity index (χ1) is 17.7. The van der Waals surface area contributed by atoms with Gasteiger partial charge in [0.1, 0.15) is 0 Å². The van der Waals surface area contributed by atoms with E-state index in [0.717, 1.165) is 34.0 Å². The molecule has 3 heterocycles. The number of carbonyl (C=O) groups excluding carboxylic acids is 1. The molecule has 11 heteroatoms. The van der Waals surface area contributed by atoms with Gasteiger partial charge in [0.2, 0.25) is 0 Å². The lowest BCUT2D eigenvalue weighted by molar-refractivity contribution is -0.137. The normalized spacial score (nSPS) is 20.8. The highest BCUT2D eigenvalue weighted by atomic mass is 35.5. The Labute approximate surface area is 226 Å². The second-order valence-corrected chi connectivity index (χ2v) is 11.0. The van der Waals surface area contributed by atoms with E-state index in [2.05, 4.69) is 0 Å². The second kappa shape index (κ2) is 10.8. The maximum Gasteiger partial charge on any atom is 0.416 e.